The average molecular weight is 337 g/mol. The van der Waals surface area contributed by atoms with Crippen LogP contribution in [0.5, 0.6) is 0 Å². The number of hydrogen-bond acceptors (Lipinski definition) is 5. The number of likely N-dealkylation sites (N-methyl/N-ethyl adjacent to an activating group) is 1. The highest BCUT2D eigenvalue weighted by Crippen LogP contribution is 2.26. The zero-order chi connectivity index (χ0) is 17.2. The molecule has 2 aliphatic rings. The number of piperazine rings is 1. The van der Waals surface area contributed by atoms with Crippen LogP contribution in [0.1, 0.15) is 23.9 Å². The summed E-state index contributed by atoms with van der Waals surface area (Å²) >= 11 is 0. The minimum absolute atomic E-state index is 0.865. The van der Waals surface area contributed by atoms with Gasteiger partial charge in [-0.05, 0) is 31.0 Å². The smallest absolute Gasteiger partial charge is 0.134 e. The van der Waals surface area contributed by atoms with Gasteiger partial charge in [0.1, 0.15) is 17.5 Å². The van der Waals surface area contributed by atoms with Crippen molar-refractivity contribution in [2.75, 3.05) is 49.1 Å². The van der Waals surface area contributed by atoms with Gasteiger partial charge >= 0.3 is 0 Å². The molecule has 0 spiro atoms. The van der Waals surface area contributed by atoms with Gasteiger partial charge in [0.15, 0.2) is 0 Å². The third-order valence-corrected chi connectivity index (χ3v) is 5.41. The first-order chi connectivity index (χ1) is 12.2. The van der Waals surface area contributed by atoms with Crippen LogP contribution in [0.4, 0.5) is 11.6 Å². The van der Waals surface area contributed by atoms with E-state index in [2.05, 4.69) is 52.0 Å². The maximum Gasteiger partial charge on any atom is 0.134 e. The molecule has 0 saturated carbocycles. The van der Waals surface area contributed by atoms with Crippen molar-refractivity contribution in [2.45, 2.75) is 26.8 Å². The van der Waals surface area contributed by atoms with E-state index in [1.807, 2.05) is 6.92 Å². The second-order valence-electron chi connectivity index (χ2n) is 6.99. The Morgan fingerprint density at radius 1 is 0.880 bits per heavy atom. The standard InChI is InChI=1S/C20H27N5/c1-3-23-10-12-24(13-11-23)19-14-20(22-16(2)21-19)25-9-8-17-6-4-5-7-18(17)15-25/h4-7,14H,3,8-13,15H2,1-2H3. The highest BCUT2D eigenvalue weighted by Gasteiger charge is 2.21. The van der Waals surface area contributed by atoms with Gasteiger partial charge in [-0.3, -0.25) is 0 Å². The molecule has 0 radical (unpaired) electrons. The molecule has 1 saturated heterocycles. The second-order valence-corrected chi connectivity index (χ2v) is 6.99. The van der Waals surface area contributed by atoms with Crippen molar-refractivity contribution in [3.63, 3.8) is 0 Å². The number of nitrogens with zero attached hydrogens (tertiary/aromatic N) is 5. The minimum atomic E-state index is 0.865. The molecule has 0 N–H and O–H groups in total. The molecule has 0 unspecified atom stereocenters. The molecule has 1 fully saturated rings. The molecular weight excluding hydrogens is 310 g/mol. The minimum Gasteiger partial charge on any atom is -0.354 e. The number of aryl methyl sites for hydroxylation is 1. The van der Waals surface area contributed by atoms with Gasteiger partial charge in [-0.15, -0.1) is 0 Å². The van der Waals surface area contributed by atoms with Crippen molar-refractivity contribution in [3.05, 3.63) is 47.3 Å². The van der Waals surface area contributed by atoms with E-state index < -0.39 is 0 Å². The molecule has 4 rings (SSSR count). The predicted octanol–water partition coefficient (Wildman–Crippen LogP) is 2.49. The Kier molecular flexibility index (Phi) is 4.57. The van der Waals surface area contributed by atoms with Crippen molar-refractivity contribution in [3.8, 4) is 0 Å². The van der Waals surface area contributed by atoms with Crippen LogP contribution >= 0.6 is 0 Å². The summed E-state index contributed by atoms with van der Waals surface area (Å²) in [6, 6.07) is 10.9. The summed E-state index contributed by atoms with van der Waals surface area (Å²) < 4.78 is 0. The summed E-state index contributed by atoms with van der Waals surface area (Å²) in [6.45, 7) is 11.7. The van der Waals surface area contributed by atoms with Gasteiger partial charge in [0.25, 0.3) is 0 Å². The van der Waals surface area contributed by atoms with Crippen LogP contribution < -0.4 is 9.80 Å². The van der Waals surface area contributed by atoms with Crippen molar-refractivity contribution >= 4 is 11.6 Å². The van der Waals surface area contributed by atoms with Crippen LogP contribution in [0.2, 0.25) is 0 Å². The Hall–Kier alpha value is -2.14. The van der Waals surface area contributed by atoms with Crippen LogP contribution in [-0.2, 0) is 13.0 Å². The zero-order valence-electron chi connectivity index (χ0n) is 15.3. The number of fused-ring (bicyclic) bond motifs is 1. The summed E-state index contributed by atoms with van der Waals surface area (Å²) in [5.41, 5.74) is 2.89. The van der Waals surface area contributed by atoms with E-state index in [4.69, 9.17) is 9.97 Å². The molecule has 2 aromatic rings. The molecule has 3 heterocycles. The largest absolute Gasteiger partial charge is 0.354 e. The molecule has 0 aliphatic carbocycles. The fraction of sp³-hybridized carbons (Fsp3) is 0.500. The van der Waals surface area contributed by atoms with Gasteiger partial charge in [-0.2, -0.15) is 0 Å². The summed E-state index contributed by atoms with van der Waals surface area (Å²) in [4.78, 5) is 16.7. The average Bonchev–Trinajstić information content (AvgIpc) is 2.67. The van der Waals surface area contributed by atoms with E-state index in [1.165, 1.54) is 11.1 Å². The maximum atomic E-state index is 4.73. The first-order valence-electron chi connectivity index (χ1n) is 9.37. The Balaban J connectivity index is 1.54. The number of aromatic nitrogens is 2. The van der Waals surface area contributed by atoms with Crippen molar-refractivity contribution in [1.29, 1.82) is 0 Å². The molecule has 5 heteroatoms. The first-order valence-corrected chi connectivity index (χ1v) is 9.37. The van der Waals surface area contributed by atoms with Crippen LogP contribution in [0, 0.1) is 6.92 Å². The molecule has 25 heavy (non-hydrogen) atoms. The van der Waals surface area contributed by atoms with Crippen molar-refractivity contribution < 1.29 is 0 Å². The lowest BCUT2D eigenvalue weighted by atomic mass is 10.00. The number of benzene rings is 1. The van der Waals surface area contributed by atoms with Gasteiger partial charge in [0.05, 0.1) is 0 Å². The zero-order valence-corrected chi connectivity index (χ0v) is 15.3. The fourth-order valence-corrected chi connectivity index (χ4v) is 3.85. The third kappa shape index (κ3) is 3.47. The quantitative estimate of drug-likeness (QED) is 0.860. The number of hydrogen-bond donors (Lipinski definition) is 0. The van der Waals surface area contributed by atoms with Gasteiger partial charge in [0, 0.05) is 45.3 Å². The summed E-state index contributed by atoms with van der Waals surface area (Å²) in [5, 5.41) is 0. The van der Waals surface area contributed by atoms with Crippen molar-refractivity contribution in [2.24, 2.45) is 0 Å². The van der Waals surface area contributed by atoms with E-state index in [-0.39, 0.29) is 0 Å². The normalized spacial score (nSPS) is 18.3. The number of rotatable bonds is 3. The molecule has 5 nitrogen and oxygen atoms in total. The van der Waals surface area contributed by atoms with Gasteiger partial charge in [0.2, 0.25) is 0 Å². The molecule has 0 amide bonds. The molecular formula is C20H27N5. The van der Waals surface area contributed by atoms with E-state index in [1.54, 1.807) is 0 Å². The van der Waals surface area contributed by atoms with Crippen LogP contribution in [0.15, 0.2) is 30.3 Å². The van der Waals surface area contributed by atoms with Gasteiger partial charge in [-0.25, -0.2) is 9.97 Å². The molecule has 0 atom stereocenters. The second kappa shape index (κ2) is 7.00. The highest BCUT2D eigenvalue weighted by atomic mass is 15.3. The van der Waals surface area contributed by atoms with E-state index >= 15 is 0 Å². The lowest BCUT2D eigenvalue weighted by Crippen LogP contribution is -2.46. The van der Waals surface area contributed by atoms with Crippen LogP contribution in [0.25, 0.3) is 0 Å². The van der Waals surface area contributed by atoms with Crippen molar-refractivity contribution in [1.82, 2.24) is 14.9 Å². The van der Waals surface area contributed by atoms with Crippen LogP contribution in [-0.4, -0.2) is 54.1 Å². The SMILES string of the molecule is CCN1CCN(c2cc(N3CCc4ccccc4C3)nc(C)n2)CC1. The molecule has 1 aromatic carbocycles. The topological polar surface area (TPSA) is 35.5 Å². The monoisotopic (exact) mass is 337 g/mol. The number of anilines is 2. The van der Waals surface area contributed by atoms with E-state index in [0.29, 0.717) is 0 Å². The van der Waals surface area contributed by atoms with E-state index in [0.717, 1.165) is 69.7 Å². The summed E-state index contributed by atoms with van der Waals surface area (Å²) in [5.74, 6) is 3.01. The van der Waals surface area contributed by atoms with Crippen LogP contribution in [0.3, 0.4) is 0 Å². The fourth-order valence-electron chi connectivity index (χ4n) is 3.85. The first kappa shape index (κ1) is 16.3. The lowest BCUT2D eigenvalue weighted by molar-refractivity contribution is 0.270. The Labute approximate surface area is 150 Å². The predicted molar refractivity (Wildman–Crippen MR) is 102 cm³/mol. The Morgan fingerprint density at radius 2 is 1.56 bits per heavy atom. The molecule has 2 aliphatic heterocycles. The lowest BCUT2D eigenvalue weighted by Gasteiger charge is -2.35. The maximum absolute atomic E-state index is 4.73. The summed E-state index contributed by atoms with van der Waals surface area (Å²) in [6.07, 6.45) is 1.09. The van der Waals surface area contributed by atoms with Gasteiger partial charge < -0.3 is 14.7 Å². The molecule has 1 aromatic heterocycles. The summed E-state index contributed by atoms with van der Waals surface area (Å²) in [7, 11) is 0. The molecule has 0 bridgehead atoms. The van der Waals surface area contributed by atoms with E-state index in [9.17, 15) is 0 Å². The van der Waals surface area contributed by atoms with Gasteiger partial charge in [-0.1, -0.05) is 31.2 Å². The Bertz CT molecular complexity index is 737. The Morgan fingerprint density at radius 3 is 2.28 bits per heavy atom. The third-order valence-electron chi connectivity index (χ3n) is 5.41. The molecule has 132 valence electrons. The highest BCUT2D eigenvalue weighted by molar-refractivity contribution is 5.53.